The maximum absolute atomic E-state index is 4.54. The van der Waals surface area contributed by atoms with Crippen LogP contribution in [0.5, 0.6) is 0 Å². The van der Waals surface area contributed by atoms with E-state index in [0.29, 0.717) is 12.6 Å². The van der Waals surface area contributed by atoms with Crippen molar-refractivity contribution >= 4 is 11.0 Å². The van der Waals surface area contributed by atoms with E-state index in [4.69, 9.17) is 0 Å². The third-order valence-corrected chi connectivity index (χ3v) is 3.34. The summed E-state index contributed by atoms with van der Waals surface area (Å²) >= 11 is 0. The minimum atomic E-state index is 0.395. The lowest BCUT2D eigenvalue weighted by atomic mass is 10.2. The van der Waals surface area contributed by atoms with E-state index < -0.39 is 0 Å². The minimum Gasteiger partial charge on any atom is -0.340 e. The molecule has 3 rings (SSSR count). The van der Waals surface area contributed by atoms with E-state index in [1.807, 2.05) is 42.2 Å². The number of hydrogen-bond acceptors (Lipinski definition) is 4. The Morgan fingerprint density at radius 1 is 1.35 bits per heavy atom. The molecule has 0 fully saturated rings. The van der Waals surface area contributed by atoms with Gasteiger partial charge < -0.3 is 10.3 Å². The van der Waals surface area contributed by atoms with Gasteiger partial charge in [0.05, 0.1) is 16.7 Å². The molecule has 3 aromatic rings. The van der Waals surface area contributed by atoms with E-state index in [-0.39, 0.29) is 0 Å². The maximum Gasteiger partial charge on any atom is 0.129 e. The first-order valence-electron chi connectivity index (χ1n) is 6.74. The number of aromatic amines is 1. The Kier molecular flexibility index (Phi) is 3.47. The lowest BCUT2D eigenvalue weighted by molar-refractivity contribution is 0.599. The van der Waals surface area contributed by atoms with Crippen molar-refractivity contribution in [1.82, 2.24) is 30.3 Å². The van der Waals surface area contributed by atoms with Crippen molar-refractivity contribution in [2.45, 2.75) is 25.9 Å². The molecule has 0 spiro atoms. The van der Waals surface area contributed by atoms with Crippen LogP contribution in [-0.4, -0.2) is 38.1 Å². The molecule has 0 amide bonds. The summed E-state index contributed by atoms with van der Waals surface area (Å²) in [6.07, 6.45) is 2.84. The Morgan fingerprint density at radius 3 is 3.00 bits per heavy atom. The van der Waals surface area contributed by atoms with Gasteiger partial charge in [0, 0.05) is 18.7 Å². The number of rotatable bonds is 5. The van der Waals surface area contributed by atoms with Gasteiger partial charge >= 0.3 is 0 Å². The zero-order chi connectivity index (χ0) is 13.9. The van der Waals surface area contributed by atoms with E-state index in [1.165, 1.54) is 0 Å². The largest absolute Gasteiger partial charge is 0.340 e. The third kappa shape index (κ3) is 2.70. The monoisotopic (exact) mass is 270 g/mol. The second-order valence-corrected chi connectivity index (χ2v) is 5.00. The first kappa shape index (κ1) is 12.8. The number of fused-ring (bicyclic) bond motifs is 1. The summed E-state index contributed by atoms with van der Waals surface area (Å²) in [6, 6.07) is 8.40. The van der Waals surface area contributed by atoms with Crippen molar-refractivity contribution in [1.29, 1.82) is 0 Å². The summed E-state index contributed by atoms with van der Waals surface area (Å²) in [6.45, 7) is 2.73. The van der Waals surface area contributed by atoms with Crippen LogP contribution in [0.15, 0.2) is 30.5 Å². The lowest BCUT2D eigenvalue weighted by Gasteiger charge is -2.05. The Morgan fingerprint density at radius 2 is 2.20 bits per heavy atom. The highest BCUT2D eigenvalue weighted by Gasteiger charge is 2.07. The van der Waals surface area contributed by atoms with Crippen LogP contribution < -0.4 is 5.32 Å². The molecule has 1 aromatic carbocycles. The smallest absolute Gasteiger partial charge is 0.129 e. The van der Waals surface area contributed by atoms with Gasteiger partial charge in [0.15, 0.2) is 0 Å². The highest BCUT2D eigenvalue weighted by atomic mass is 15.4. The number of benzene rings is 1. The van der Waals surface area contributed by atoms with Crippen LogP contribution in [0.4, 0.5) is 0 Å². The SMILES string of the molecule is CNC(C)Cc1cn(Cc2nc3ccccc3[nH]2)nn1. The molecular weight excluding hydrogens is 252 g/mol. The predicted molar refractivity (Wildman–Crippen MR) is 77.4 cm³/mol. The maximum atomic E-state index is 4.54. The van der Waals surface area contributed by atoms with E-state index in [9.17, 15) is 0 Å². The number of nitrogens with one attached hydrogen (secondary N) is 2. The Hall–Kier alpha value is -2.21. The van der Waals surface area contributed by atoms with Crippen LogP contribution in [0.2, 0.25) is 0 Å². The first-order chi connectivity index (χ1) is 9.74. The molecule has 0 aliphatic carbocycles. The van der Waals surface area contributed by atoms with Gasteiger partial charge in [-0.25, -0.2) is 9.67 Å². The molecule has 0 saturated heterocycles. The fraction of sp³-hybridized carbons (Fsp3) is 0.357. The average molecular weight is 270 g/mol. The van der Waals surface area contributed by atoms with Crippen LogP contribution in [0.3, 0.4) is 0 Å². The Bertz CT molecular complexity index is 665. The van der Waals surface area contributed by atoms with Crippen LogP contribution in [-0.2, 0) is 13.0 Å². The summed E-state index contributed by atoms with van der Waals surface area (Å²) in [4.78, 5) is 7.83. The predicted octanol–water partition coefficient (Wildman–Crippen LogP) is 1.35. The molecule has 2 aromatic heterocycles. The Labute approximate surface area is 117 Å². The molecule has 1 atom stereocenters. The number of H-pyrrole nitrogens is 1. The van der Waals surface area contributed by atoms with Crippen LogP contribution in [0.1, 0.15) is 18.4 Å². The normalized spacial score (nSPS) is 12.9. The minimum absolute atomic E-state index is 0.395. The molecule has 0 aliphatic heterocycles. The second kappa shape index (κ2) is 5.42. The molecule has 104 valence electrons. The van der Waals surface area contributed by atoms with E-state index >= 15 is 0 Å². The van der Waals surface area contributed by atoms with Crippen molar-refractivity contribution in [3.63, 3.8) is 0 Å². The summed E-state index contributed by atoms with van der Waals surface area (Å²) in [5.74, 6) is 0.893. The number of hydrogen-bond donors (Lipinski definition) is 2. The fourth-order valence-corrected chi connectivity index (χ4v) is 2.16. The quantitative estimate of drug-likeness (QED) is 0.734. The average Bonchev–Trinajstić information content (AvgIpc) is 3.05. The number of likely N-dealkylation sites (N-methyl/N-ethyl adjacent to an activating group) is 1. The molecule has 1 unspecified atom stereocenters. The topological polar surface area (TPSA) is 71.4 Å². The van der Waals surface area contributed by atoms with Crippen LogP contribution >= 0.6 is 0 Å². The summed E-state index contributed by atoms with van der Waals surface area (Å²) in [5.41, 5.74) is 3.02. The van der Waals surface area contributed by atoms with Crippen molar-refractivity contribution < 1.29 is 0 Å². The molecule has 0 radical (unpaired) electrons. The summed E-state index contributed by atoms with van der Waals surface area (Å²) < 4.78 is 1.81. The van der Waals surface area contributed by atoms with Gasteiger partial charge in [0.1, 0.15) is 12.4 Å². The second-order valence-electron chi connectivity index (χ2n) is 5.00. The molecule has 20 heavy (non-hydrogen) atoms. The number of nitrogens with zero attached hydrogens (tertiary/aromatic N) is 4. The molecule has 0 aliphatic rings. The van der Waals surface area contributed by atoms with Gasteiger partial charge in [-0.3, -0.25) is 0 Å². The van der Waals surface area contributed by atoms with Crippen molar-refractivity contribution in [2.75, 3.05) is 7.05 Å². The molecule has 0 bridgehead atoms. The number of imidazole rings is 1. The van der Waals surface area contributed by atoms with Gasteiger partial charge in [0.2, 0.25) is 0 Å². The molecular formula is C14H18N6. The van der Waals surface area contributed by atoms with E-state index in [2.05, 4.69) is 32.5 Å². The zero-order valence-electron chi connectivity index (χ0n) is 11.7. The fourth-order valence-electron chi connectivity index (χ4n) is 2.16. The van der Waals surface area contributed by atoms with Crippen molar-refractivity contribution in [2.24, 2.45) is 0 Å². The van der Waals surface area contributed by atoms with Crippen molar-refractivity contribution in [3.05, 3.63) is 42.0 Å². The van der Waals surface area contributed by atoms with Gasteiger partial charge in [-0.2, -0.15) is 0 Å². The molecule has 6 heteroatoms. The molecule has 6 nitrogen and oxygen atoms in total. The highest BCUT2D eigenvalue weighted by Crippen LogP contribution is 2.11. The van der Waals surface area contributed by atoms with Gasteiger partial charge in [0.25, 0.3) is 0 Å². The zero-order valence-corrected chi connectivity index (χ0v) is 11.7. The molecule has 2 N–H and O–H groups in total. The van der Waals surface area contributed by atoms with E-state index in [0.717, 1.165) is 29.0 Å². The van der Waals surface area contributed by atoms with E-state index in [1.54, 1.807) is 0 Å². The highest BCUT2D eigenvalue weighted by molar-refractivity contribution is 5.74. The number of para-hydroxylation sites is 2. The third-order valence-electron chi connectivity index (χ3n) is 3.34. The Balaban J connectivity index is 1.74. The van der Waals surface area contributed by atoms with Crippen molar-refractivity contribution in [3.8, 4) is 0 Å². The van der Waals surface area contributed by atoms with Crippen LogP contribution in [0.25, 0.3) is 11.0 Å². The number of aromatic nitrogens is 5. The lowest BCUT2D eigenvalue weighted by Crippen LogP contribution is -2.23. The standard InChI is InChI=1S/C14H18N6/c1-10(15-2)7-11-8-20(19-18-11)9-14-16-12-5-3-4-6-13(12)17-14/h3-6,8,10,15H,7,9H2,1-2H3,(H,16,17). The first-order valence-corrected chi connectivity index (χ1v) is 6.74. The summed E-state index contributed by atoms with van der Waals surface area (Å²) in [5, 5.41) is 11.5. The van der Waals surface area contributed by atoms with Gasteiger partial charge in [-0.05, 0) is 26.1 Å². The molecule has 0 saturated carbocycles. The van der Waals surface area contributed by atoms with Gasteiger partial charge in [-0.1, -0.05) is 17.3 Å². The summed E-state index contributed by atoms with van der Waals surface area (Å²) in [7, 11) is 1.95. The van der Waals surface area contributed by atoms with Crippen LogP contribution in [0, 0.1) is 0 Å². The molecule has 2 heterocycles. The van der Waals surface area contributed by atoms with Gasteiger partial charge in [-0.15, -0.1) is 5.10 Å².